The molecule has 0 radical (unpaired) electrons. The average molecular weight is 258 g/mol. The van der Waals surface area contributed by atoms with Crippen molar-refractivity contribution in [2.75, 3.05) is 0 Å². The van der Waals surface area contributed by atoms with Crippen molar-refractivity contribution >= 4 is 5.97 Å². The fourth-order valence-electron chi connectivity index (χ4n) is 2.22. The van der Waals surface area contributed by atoms with E-state index in [1.54, 1.807) is 0 Å². The van der Waals surface area contributed by atoms with Gasteiger partial charge in [0.15, 0.2) is 5.69 Å². The van der Waals surface area contributed by atoms with E-state index in [1.807, 2.05) is 58.0 Å². The van der Waals surface area contributed by atoms with Crippen LogP contribution in [0.3, 0.4) is 0 Å². The number of nitrogens with zero attached hydrogens (tertiary/aromatic N) is 2. The highest BCUT2D eigenvalue weighted by atomic mass is 16.4. The molecule has 1 heterocycles. The van der Waals surface area contributed by atoms with Gasteiger partial charge in [0.05, 0.1) is 11.4 Å². The van der Waals surface area contributed by atoms with Crippen LogP contribution in [0.2, 0.25) is 0 Å². The van der Waals surface area contributed by atoms with Gasteiger partial charge in [-0.05, 0) is 19.1 Å². The van der Waals surface area contributed by atoms with E-state index in [4.69, 9.17) is 0 Å². The van der Waals surface area contributed by atoms with Gasteiger partial charge < -0.3 is 5.11 Å². The van der Waals surface area contributed by atoms with Crippen LogP contribution in [0.5, 0.6) is 0 Å². The summed E-state index contributed by atoms with van der Waals surface area (Å²) in [6, 6.07) is 9.34. The molecule has 19 heavy (non-hydrogen) atoms. The molecule has 100 valence electrons. The normalized spacial score (nSPS) is 11.6. The number of aromatic carboxylic acids is 1. The Labute approximate surface area is 112 Å². The van der Waals surface area contributed by atoms with E-state index in [1.165, 1.54) is 4.68 Å². The third-order valence-electron chi connectivity index (χ3n) is 3.04. The lowest BCUT2D eigenvalue weighted by molar-refractivity contribution is 0.0686. The van der Waals surface area contributed by atoms with Crippen LogP contribution in [-0.2, 0) is 5.41 Å². The summed E-state index contributed by atoms with van der Waals surface area (Å²) in [4.78, 5) is 11.5. The number of carboxylic acid groups (broad SMARTS) is 1. The molecule has 0 bridgehead atoms. The number of hydrogen-bond donors (Lipinski definition) is 1. The zero-order chi connectivity index (χ0) is 14.2. The number of carboxylic acids is 1. The van der Waals surface area contributed by atoms with E-state index in [0.29, 0.717) is 0 Å². The number of benzene rings is 1. The van der Waals surface area contributed by atoms with E-state index < -0.39 is 5.97 Å². The summed E-state index contributed by atoms with van der Waals surface area (Å²) in [7, 11) is 0. The van der Waals surface area contributed by atoms with Gasteiger partial charge in [0.25, 0.3) is 0 Å². The minimum atomic E-state index is -0.954. The second-order valence-electron chi connectivity index (χ2n) is 5.62. The van der Waals surface area contributed by atoms with Crippen molar-refractivity contribution in [3.05, 3.63) is 47.3 Å². The topological polar surface area (TPSA) is 55.1 Å². The lowest BCUT2D eigenvalue weighted by atomic mass is 9.89. The molecule has 0 aliphatic carbocycles. The van der Waals surface area contributed by atoms with Gasteiger partial charge in [-0.1, -0.05) is 39.0 Å². The van der Waals surface area contributed by atoms with Gasteiger partial charge >= 0.3 is 5.97 Å². The Morgan fingerprint density at radius 3 is 2.26 bits per heavy atom. The number of carbonyl (C=O) groups is 1. The van der Waals surface area contributed by atoms with Crippen molar-refractivity contribution < 1.29 is 9.90 Å². The molecule has 0 fully saturated rings. The smallest absolute Gasteiger partial charge is 0.354 e. The summed E-state index contributed by atoms with van der Waals surface area (Å²) < 4.78 is 1.51. The number of rotatable bonds is 2. The van der Waals surface area contributed by atoms with E-state index >= 15 is 0 Å². The Hall–Kier alpha value is -2.10. The predicted molar refractivity (Wildman–Crippen MR) is 74.0 cm³/mol. The summed E-state index contributed by atoms with van der Waals surface area (Å²) in [5.41, 5.74) is 2.35. The third-order valence-corrected chi connectivity index (χ3v) is 3.04. The zero-order valence-corrected chi connectivity index (χ0v) is 11.6. The predicted octanol–water partition coefficient (Wildman–Crippen LogP) is 3.18. The highest BCUT2D eigenvalue weighted by Crippen LogP contribution is 2.28. The standard InChI is InChI=1S/C15H18N2O2/c1-10-12(14(18)19)17(11-8-6-5-7-9-11)16-13(10)15(2,3)4/h5-9H,1-4H3,(H,18,19). The molecule has 2 aromatic rings. The lowest BCUT2D eigenvalue weighted by Crippen LogP contribution is -2.14. The maximum absolute atomic E-state index is 11.5. The van der Waals surface area contributed by atoms with Crippen LogP contribution in [0.1, 0.15) is 42.5 Å². The minimum absolute atomic E-state index is 0.186. The molecule has 1 aromatic heterocycles. The molecule has 1 N–H and O–H groups in total. The highest BCUT2D eigenvalue weighted by Gasteiger charge is 2.27. The first-order valence-corrected chi connectivity index (χ1v) is 6.21. The quantitative estimate of drug-likeness (QED) is 0.900. The number of para-hydroxylation sites is 1. The maximum Gasteiger partial charge on any atom is 0.354 e. The monoisotopic (exact) mass is 258 g/mol. The van der Waals surface area contributed by atoms with E-state index in [0.717, 1.165) is 16.9 Å². The molecular weight excluding hydrogens is 240 g/mol. The molecule has 0 aliphatic heterocycles. The Morgan fingerprint density at radius 1 is 1.21 bits per heavy atom. The number of aromatic nitrogens is 2. The van der Waals surface area contributed by atoms with Gasteiger partial charge in [0.1, 0.15) is 0 Å². The maximum atomic E-state index is 11.5. The van der Waals surface area contributed by atoms with Crippen LogP contribution in [0.15, 0.2) is 30.3 Å². The van der Waals surface area contributed by atoms with Gasteiger partial charge in [-0.3, -0.25) is 0 Å². The van der Waals surface area contributed by atoms with Gasteiger partial charge in [0.2, 0.25) is 0 Å². The second kappa shape index (κ2) is 4.53. The van der Waals surface area contributed by atoms with Crippen LogP contribution in [-0.4, -0.2) is 20.9 Å². The Morgan fingerprint density at radius 2 is 1.79 bits per heavy atom. The second-order valence-corrected chi connectivity index (χ2v) is 5.62. The summed E-state index contributed by atoms with van der Waals surface area (Å²) in [5.74, 6) is -0.954. The summed E-state index contributed by atoms with van der Waals surface area (Å²) in [5, 5.41) is 13.9. The molecule has 2 rings (SSSR count). The molecular formula is C15H18N2O2. The summed E-state index contributed by atoms with van der Waals surface area (Å²) >= 11 is 0. The molecule has 0 spiro atoms. The Bertz CT molecular complexity index is 607. The molecule has 0 amide bonds. The van der Waals surface area contributed by atoms with Gasteiger partial charge in [-0.25, -0.2) is 9.48 Å². The van der Waals surface area contributed by atoms with Gasteiger partial charge in [-0.2, -0.15) is 5.10 Å². The molecule has 0 atom stereocenters. The Balaban J connectivity index is 2.71. The van der Waals surface area contributed by atoms with Crippen molar-refractivity contribution in [3.63, 3.8) is 0 Å². The Kier molecular flexibility index (Phi) is 3.18. The minimum Gasteiger partial charge on any atom is -0.477 e. The summed E-state index contributed by atoms with van der Waals surface area (Å²) in [6.07, 6.45) is 0. The molecule has 4 nitrogen and oxygen atoms in total. The van der Waals surface area contributed by atoms with Gasteiger partial charge in [-0.15, -0.1) is 0 Å². The first-order valence-electron chi connectivity index (χ1n) is 6.21. The van der Waals surface area contributed by atoms with Crippen LogP contribution < -0.4 is 0 Å². The molecule has 1 aromatic carbocycles. The molecule has 0 saturated heterocycles. The van der Waals surface area contributed by atoms with E-state index in [-0.39, 0.29) is 11.1 Å². The largest absolute Gasteiger partial charge is 0.477 e. The van der Waals surface area contributed by atoms with Crippen molar-refractivity contribution in [1.82, 2.24) is 9.78 Å². The van der Waals surface area contributed by atoms with E-state index in [9.17, 15) is 9.90 Å². The van der Waals surface area contributed by atoms with Crippen molar-refractivity contribution in [3.8, 4) is 5.69 Å². The number of hydrogen-bond acceptors (Lipinski definition) is 2. The van der Waals surface area contributed by atoms with Crippen LogP contribution in [0.25, 0.3) is 5.69 Å². The lowest BCUT2D eigenvalue weighted by Gasteiger charge is -2.16. The van der Waals surface area contributed by atoms with Crippen molar-refractivity contribution in [1.29, 1.82) is 0 Å². The van der Waals surface area contributed by atoms with Crippen LogP contribution in [0.4, 0.5) is 0 Å². The highest BCUT2D eigenvalue weighted by molar-refractivity contribution is 5.88. The third kappa shape index (κ3) is 2.38. The first kappa shape index (κ1) is 13.3. The van der Waals surface area contributed by atoms with Crippen molar-refractivity contribution in [2.24, 2.45) is 0 Å². The van der Waals surface area contributed by atoms with Gasteiger partial charge in [0, 0.05) is 11.0 Å². The molecule has 0 unspecified atom stereocenters. The summed E-state index contributed by atoms with van der Waals surface area (Å²) in [6.45, 7) is 7.91. The average Bonchev–Trinajstić information content (AvgIpc) is 2.68. The first-order chi connectivity index (χ1) is 8.82. The fraction of sp³-hybridized carbons (Fsp3) is 0.333. The molecule has 4 heteroatoms. The van der Waals surface area contributed by atoms with Crippen molar-refractivity contribution in [2.45, 2.75) is 33.1 Å². The van der Waals surface area contributed by atoms with Crippen LogP contribution >= 0.6 is 0 Å². The van der Waals surface area contributed by atoms with Crippen LogP contribution in [0, 0.1) is 6.92 Å². The SMILES string of the molecule is Cc1c(C(C)(C)C)nn(-c2ccccc2)c1C(=O)O. The molecule has 0 aliphatic rings. The van der Waals surface area contributed by atoms with E-state index in [2.05, 4.69) is 5.10 Å². The molecule has 0 saturated carbocycles. The fourth-order valence-corrected chi connectivity index (χ4v) is 2.22. The zero-order valence-electron chi connectivity index (χ0n) is 11.6.